The number of ether oxygens (including phenoxy) is 1. The second-order valence-electron chi connectivity index (χ2n) is 6.15. The summed E-state index contributed by atoms with van der Waals surface area (Å²) in [4.78, 5) is 18.5. The molecule has 1 aromatic carbocycles. The van der Waals surface area contributed by atoms with Crippen LogP contribution in [0.1, 0.15) is 10.4 Å². The van der Waals surface area contributed by atoms with E-state index in [0.29, 0.717) is 18.7 Å². The molecule has 3 rings (SSSR count). The first-order chi connectivity index (χ1) is 12.1. The lowest BCUT2D eigenvalue weighted by atomic mass is 10.1. The Morgan fingerprint density at radius 3 is 2.20 bits per heavy atom. The second-order valence-corrected chi connectivity index (χ2v) is 6.15. The Hall–Kier alpha value is -2.83. The van der Waals surface area contributed by atoms with E-state index in [2.05, 4.69) is 15.1 Å². The number of nitrogens with zero attached hydrogens (tertiary/aromatic N) is 5. The van der Waals surface area contributed by atoms with Gasteiger partial charge in [-0.2, -0.15) is 0 Å². The standard InChI is InChI=1S/C18H23N5O2/c1-21(2)16-8-9-17(20-19-16)22-10-12-23(13-11-22)18(24)14-4-6-15(25-3)7-5-14/h4-9H,10-13H2,1-3H3. The topological polar surface area (TPSA) is 61.8 Å². The number of piperazine rings is 1. The second kappa shape index (κ2) is 7.38. The molecule has 0 N–H and O–H groups in total. The van der Waals surface area contributed by atoms with Crippen molar-refractivity contribution in [3.63, 3.8) is 0 Å². The van der Waals surface area contributed by atoms with Crippen molar-refractivity contribution in [2.75, 3.05) is 57.2 Å². The Labute approximate surface area is 147 Å². The summed E-state index contributed by atoms with van der Waals surface area (Å²) in [5, 5.41) is 8.50. The average molecular weight is 341 g/mol. The molecule has 1 aliphatic heterocycles. The molecule has 0 aliphatic carbocycles. The van der Waals surface area contributed by atoms with Crippen LogP contribution in [0, 0.1) is 0 Å². The first kappa shape index (κ1) is 17.0. The zero-order valence-electron chi connectivity index (χ0n) is 14.8. The van der Waals surface area contributed by atoms with Crippen molar-refractivity contribution in [2.45, 2.75) is 0 Å². The third kappa shape index (κ3) is 3.81. The Balaban J connectivity index is 1.60. The quantitative estimate of drug-likeness (QED) is 0.840. The van der Waals surface area contributed by atoms with E-state index in [1.165, 1.54) is 0 Å². The fourth-order valence-corrected chi connectivity index (χ4v) is 2.78. The third-order valence-electron chi connectivity index (χ3n) is 4.32. The van der Waals surface area contributed by atoms with Gasteiger partial charge in [-0.05, 0) is 36.4 Å². The minimum Gasteiger partial charge on any atom is -0.497 e. The molecule has 0 radical (unpaired) electrons. The number of anilines is 2. The number of carbonyl (C=O) groups is 1. The van der Waals surface area contributed by atoms with Gasteiger partial charge in [0, 0.05) is 45.8 Å². The molecule has 1 saturated heterocycles. The van der Waals surface area contributed by atoms with Crippen LogP contribution in [0.5, 0.6) is 5.75 Å². The molecular weight excluding hydrogens is 318 g/mol. The van der Waals surface area contributed by atoms with Gasteiger partial charge in [0.2, 0.25) is 0 Å². The predicted molar refractivity (Wildman–Crippen MR) is 97.5 cm³/mol. The largest absolute Gasteiger partial charge is 0.497 e. The molecule has 1 amide bonds. The highest BCUT2D eigenvalue weighted by molar-refractivity contribution is 5.94. The lowest BCUT2D eigenvalue weighted by Gasteiger charge is -2.35. The van der Waals surface area contributed by atoms with Crippen LogP contribution in [-0.4, -0.2) is 68.4 Å². The molecule has 7 nitrogen and oxygen atoms in total. The minimum absolute atomic E-state index is 0.0522. The highest BCUT2D eigenvalue weighted by Gasteiger charge is 2.23. The number of methoxy groups -OCH3 is 1. The van der Waals surface area contributed by atoms with E-state index in [0.717, 1.165) is 30.5 Å². The van der Waals surface area contributed by atoms with Gasteiger partial charge >= 0.3 is 0 Å². The van der Waals surface area contributed by atoms with Crippen LogP contribution in [0.3, 0.4) is 0 Å². The van der Waals surface area contributed by atoms with E-state index >= 15 is 0 Å². The van der Waals surface area contributed by atoms with E-state index < -0.39 is 0 Å². The van der Waals surface area contributed by atoms with Gasteiger partial charge in [-0.15, -0.1) is 10.2 Å². The van der Waals surface area contributed by atoms with Crippen LogP contribution >= 0.6 is 0 Å². The van der Waals surface area contributed by atoms with Gasteiger partial charge in [0.25, 0.3) is 5.91 Å². The van der Waals surface area contributed by atoms with Crippen molar-refractivity contribution in [3.05, 3.63) is 42.0 Å². The van der Waals surface area contributed by atoms with E-state index in [1.807, 2.05) is 48.2 Å². The van der Waals surface area contributed by atoms with Crippen LogP contribution in [0.25, 0.3) is 0 Å². The van der Waals surface area contributed by atoms with Gasteiger partial charge in [0.1, 0.15) is 5.75 Å². The molecule has 0 unspecified atom stereocenters. The number of hydrogen-bond acceptors (Lipinski definition) is 6. The zero-order valence-corrected chi connectivity index (χ0v) is 14.8. The van der Waals surface area contributed by atoms with Crippen LogP contribution in [-0.2, 0) is 0 Å². The molecule has 2 aromatic rings. The number of rotatable bonds is 4. The Kier molecular flexibility index (Phi) is 5.02. The zero-order chi connectivity index (χ0) is 17.8. The first-order valence-corrected chi connectivity index (χ1v) is 8.28. The summed E-state index contributed by atoms with van der Waals surface area (Å²) in [5.41, 5.74) is 0.685. The van der Waals surface area contributed by atoms with Crippen LogP contribution in [0.15, 0.2) is 36.4 Å². The molecule has 132 valence electrons. The highest BCUT2D eigenvalue weighted by atomic mass is 16.5. The SMILES string of the molecule is COc1ccc(C(=O)N2CCN(c3ccc(N(C)C)nn3)CC2)cc1. The maximum atomic E-state index is 12.6. The highest BCUT2D eigenvalue weighted by Crippen LogP contribution is 2.17. The molecule has 2 heterocycles. The van der Waals surface area contributed by atoms with Crippen molar-refractivity contribution in [1.82, 2.24) is 15.1 Å². The van der Waals surface area contributed by atoms with Gasteiger partial charge in [0.05, 0.1) is 7.11 Å². The van der Waals surface area contributed by atoms with Crippen molar-refractivity contribution in [3.8, 4) is 5.75 Å². The third-order valence-corrected chi connectivity index (χ3v) is 4.32. The van der Waals surface area contributed by atoms with Crippen LogP contribution in [0.2, 0.25) is 0 Å². The van der Waals surface area contributed by atoms with Crippen molar-refractivity contribution in [2.24, 2.45) is 0 Å². The molecule has 0 atom stereocenters. The number of carbonyl (C=O) groups excluding carboxylic acids is 1. The van der Waals surface area contributed by atoms with Gasteiger partial charge < -0.3 is 19.4 Å². The molecular formula is C18H23N5O2. The van der Waals surface area contributed by atoms with E-state index in [4.69, 9.17) is 4.74 Å². The van der Waals surface area contributed by atoms with Gasteiger partial charge in [-0.1, -0.05) is 0 Å². The summed E-state index contributed by atoms with van der Waals surface area (Å²) >= 11 is 0. The normalized spacial score (nSPS) is 14.4. The summed E-state index contributed by atoms with van der Waals surface area (Å²) in [6, 6.07) is 11.2. The van der Waals surface area contributed by atoms with Crippen molar-refractivity contribution < 1.29 is 9.53 Å². The van der Waals surface area contributed by atoms with Crippen LogP contribution in [0.4, 0.5) is 11.6 Å². The Morgan fingerprint density at radius 2 is 1.68 bits per heavy atom. The molecule has 1 fully saturated rings. The number of amides is 1. The van der Waals surface area contributed by atoms with Crippen molar-refractivity contribution >= 4 is 17.5 Å². The molecule has 25 heavy (non-hydrogen) atoms. The summed E-state index contributed by atoms with van der Waals surface area (Å²) in [5.74, 6) is 2.48. The van der Waals surface area contributed by atoms with Gasteiger partial charge in [-0.3, -0.25) is 4.79 Å². The maximum Gasteiger partial charge on any atom is 0.253 e. The molecule has 0 spiro atoms. The monoisotopic (exact) mass is 341 g/mol. The van der Waals surface area contributed by atoms with Gasteiger partial charge in [0.15, 0.2) is 11.6 Å². The number of aromatic nitrogens is 2. The van der Waals surface area contributed by atoms with E-state index in [1.54, 1.807) is 19.2 Å². The fourth-order valence-electron chi connectivity index (χ4n) is 2.78. The summed E-state index contributed by atoms with van der Waals surface area (Å²) in [6.07, 6.45) is 0. The van der Waals surface area contributed by atoms with Gasteiger partial charge in [-0.25, -0.2) is 0 Å². The van der Waals surface area contributed by atoms with E-state index in [-0.39, 0.29) is 5.91 Å². The number of benzene rings is 1. The summed E-state index contributed by atoms with van der Waals surface area (Å²) in [7, 11) is 5.49. The smallest absolute Gasteiger partial charge is 0.253 e. The van der Waals surface area contributed by atoms with Crippen LogP contribution < -0.4 is 14.5 Å². The lowest BCUT2D eigenvalue weighted by molar-refractivity contribution is 0.0746. The summed E-state index contributed by atoms with van der Waals surface area (Å²) < 4.78 is 5.13. The first-order valence-electron chi connectivity index (χ1n) is 8.28. The molecule has 1 aliphatic rings. The average Bonchev–Trinajstić information content (AvgIpc) is 2.67. The Bertz CT molecular complexity index is 707. The van der Waals surface area contributed by atoms with E-state index in [9.17, 15) is 4.79 Å². The molecule has 7 heteroatoms. The minimum atomic E-state index is 0.0522. The van der Waals surface area contributed by atoms with Crippen molar-refractivity contribution in [1.29, 1.82) is 0 Å². The molecule has 1 aromatic heterocycles. The number of hydrogen-bond donors (Lipinski definition) is 0. The summed E-state index contributed by atoms with van der Waals surface area (Å²) in [6.45, 7) is 2.83. The Morgan fingerprint density at radius 1 is 1.00 bits per heavy atom. The maximum absolute atomic E-state index is 12.6. The lowest BCUT2D eigenvalue weighted by Crippen LogP contribution is -2.49. The molecule has 0 saturated carbocycles. The predicted octanol–water partition coefficient (Wildman–Crippen LogP) is 1.51. The fraction of sp³-hybridized carbons (Fsp3) is 0.389. The molecule has 0 bridgehead atoms.